The largest absolute Gasteiger partial charge is 0.374 e. The monoisotopic (exact) mass is 282 g/mol. The minimum Gasteiger partial charge on any atom is -0.374 e. The van der Waals surface area contributed by atoms with Crippen LogP contribution in [0.15, 0.2) is 0 Å². The van der Waals surface area contributed by atoms with Crippen molar-refractivity contribution < 1.29 is 4.74 Å². The second kappa shape index (κ2) is 7.24. The van der Waals surface area contributed by atoms with Crippen LogP contribution in [0.1, 0.15) is 72.1 Å². The van der Waals surface area contributed by atoms with Gasteiger partial charge in [-0.1, -0.05) is 26.7 Å². The van der Waals surface area contributed by atoms with Gasteiger partial charge in [-0.15, -0.1) is 0 Å². The van der Waals surface area contributed by atoms with E-state index in [1.54, 1.807) is 0 Å². The van der Waals surface area contributed by atoms with E-state index in [2.05, 4.69) is 26.2 Å². The molecule has 2 fully saturated rings. The summed E-state index contributed by atoms with van der Waals surface area (Å²) in [6.07, 6.45) is 10.2. The SMILES string of the molecule is CCOC1(C(NN)C2CCCC(C)C2)CCC(C)CC1. The first kappa shape index (κ1) is 16.3. The van der Waals surface area contributed by atoms with Crippen molar-refractivity contribution >= 4 is 0 Å². The molecule has 0 saturated heterocycles. The lowest BCUT2D eigenvalue weighted by atomic mass is 9.67. The van der Waals surface area contributed by atoms with Crippen LogP contribution >= 0.6 is 0 Å². The molecule has 0 amide bonds. The maximum absolute atomic E-state index is 6.32. The molecule has 0 radical (unpaired) electrons. The lowest BCUT2D eigenvalue weighted by molar-refractivity contribution is -0.113. The molecule has 2 rings (SSSR count). The number of ether oxygens (including phenoxy) is 1. The molecule has 3 unspecified atom stereocenters. The van der Waals surface area contributed by atoms with E-state index in [0.717, 1.165) is 18.4 Å². The van der Waals surface area contributed by atoms with Crippen LogP contribution in [0.5, 0.6) is 0 Å². The molecule has 20 heavy (non-hydrogen) atoms. The zero-order chi connectivity index (χ0) is 14.6. The zero-order valence-corrected chi connectivity index (χ0v) is 13.7. The summed E-state index contributed by atoms with van der Waals surface area (Å²) in [7, 11) is 0. The Kier molecular flexibility index (Phi) is 5.88. The number of hydrazine groups is 1. The molecule has 0 aromatic rings. The first-order chi connectivity index (χ1) is 9.61. The van der Waals surface area contributed by atoms with Crippen LogP contribution in [0.25, 0.3) is 0 Å². The van der Waals surface area contributed by atoms with Gasteiger partial charge in [0, 0.05) is 6.61 Å². The molecule has 3 nitrogen and oxygen atoms in total. The third-order valence-corrected chi connectivity index (χ3v) is 5.75. The highest BCUT2D eigenvalue weighted by atomic mass is 16.5. The van der Waals surface area contributed by atoms with Crippen LogP contribution in [0.3, 0.4) is 0 Å². The number of nitrogens with one attached hydrogen (secondary N) is 1. The molecule has 2 aliphatic rings. The Labute approximate surface area is 125 Å². The van der Waals surface area contributed by atoms with E-state index in [1.165, 1.54) is 51.4 Å². The molecule has 2 aliphatic carbocycles. The second-order valence-electron chi connectivity index (χ2n) is 7.36. The Morgan fingerprint density at radius 3 is 2.40 bits per heavy atom. The van der Waals surface area contributed by atoms with E-state index in [9.17, 15) is 0 Å². The molecule has 0 aliphatic heterocycles. The van der Waals surface area contributed by atoms with Crippen LogP contribution in [-0.2, 0) is 4.74 Å². The lowest BCUT2D eigenvalue weighted by Crippen LogP contribution is -2.60. The molecule has 3 heteroatoms. The minimum atomic E-state index is -0.0161. The molecular weight excluding hydrogens is 248 g/mol. The van der Waals surface area contributed by atoms with Crippen LogP contribution < -0.4 is 11.3 Å². The van der Waals surface area contributed by atoms with E-state index in [4.69, 9.17) is 10.6 Å². The predicted octanol–water partition coefficient (Wildman–Crippen LogP) is 3.63. The van der Waals surface area contributed by atoms with Crippen molar-refractivity contribution in [3.8, 4) is 0 Å². The first-order valence-corrected chi connectivity index (χ1v) is 8.71. The molecule has 0 bridgehead atoms. The van der Waals surface area contributed by atoms with E-state index in [-0.39, 0.29) is 5.60 Å². The average Bonchev–Trinajstić information content (AvgIpc) is 2.43. The summed E-state index contributed by atoms with van der Waals surface area (Å²) >= 11 is 0. The predicted molar refractivity (Wildman–Crippen MR) is 84.2 cm³/mol. The Morgan fingerprint density at radius 2 is 1.85 bits per heavy atom. The van der Waals surface area contributed by atoms with E-state index in [0.29, 0.717) is 12.0 Å². The molecule has 0 heterocycles. The number of rotatable bonds is 5. The topological polar surface area (TPSA) is 47.3 Å². The summed E-state index contributed by atoms with van der Waals surface area (Å²) in [6.45, 7) is 7.67. The van der Waals surface area contributed by atoms with Gasteiger partial charge in [0.1, 0.15) is 0 Å². The molecule has 2 saturated carbocycles. The highest BCUT2D eigenvalue weighted by molar-refractivity contribution is 4.99. The fraction of sp³-hybridized carbons (Fsp3) is 1.00. The van der Waals surface area contributed by atoms with E-state index < -0.39 is 0 Å². The average molecular weight is 282 g/mol. The van der Waals surface area contributed by atoms with Gasteiger partial charge in [-0.2, -0.15) is 0 Å². The lowest BCUT2D eigenvalue weighted by Gasteiger charge is -2.48. The van der Waals surface area contributed by atoms with E-state index >= 15 is 0 Å². The van der Waals surface area contributed by atoms with Gasteiger partial charge in [0.25, 0.3) is 0 Å². The Balaban J connectivity index is 2.12. The highest BCUT2D eigenvalue weighted by Crippen LogP contribution is 2.43. The minimum absolute atomic E-state index is 0.0161. The molecular formula is C17H34N2O. The summed E-state index contributed by atoms with van der Waals surface area (Å²) in [4.78, 5) is 0. The van der Waals surface area contributed by atoms with Gasteiger partial charge >= 0.3 is 0 Å². The number of hydrogen-bond acceptors (Lipinski definition) is 3. The molecule has 0 aromatic heterocycles. The third-order valence-electron chi connectivity index (χ3n) is 5.75. The summed E-state index contributed by atoms with van der Waals surface area (Å²) in [5, 5.41) is 0. The van der Waals surface area contributed by atoms with Crippen molar-refractivity contribution in [2.75, 3.05) is 6.61 Å². The Hall–Kier alpha value is -0.120. The molecule has 0 spiro atoms. The van der Waals surface area contributed by atoms with Crippen molar-refractivity contribution in [1.82, 2.24) is 5.43 Å². The summed E-state index contributed by atoms with van der Waals surface area (Å²) < 4.78 is 6.32. The van der Waals surface area contributed by atoms with Gasteiger partial charge in [0.05, 0.1) is 11.6 Å². The maximum atomic E-state index is 6.32. The van der Waals surface area contributed by atoms with Gasteiger partial charge in [0.2, 0.25) is 0 Å². The summed E-state index contributed by atoms with van der Waals surface area (Å²) in [5.74, 6) is 8.36. The van der Waals surface area contributed by atoms with Crippen molar-refractivity contribution in [2.24, 2.45) is 23.6 Å². The van der Waals surface area contributed by atoms with Crippen molar-refractivity contribution in [1.29, 1.82) is 0 Å². The Morgan fingerprint density at radius 1 is 1.15 bits per heavy atom. The smallest absolute Gasteiger partial charge is 0.0850 e. The maximum Gasteiger partial charge on any atom is 0.0850 e. The first-order valence-electron chi connectivity index (χ1n) is 8.71. The van der Waals surface area contributed by atoms with Crippen LogP contribution in [0.4, 0.5) is 0 Å². The standard InChI is InChI=1S/C17H34N2O/c1-4-20-17(10-8-13(2)9-11-17)16(19-18)15-7-5-6-14(3)12-15/h13-16,19H,4-12,18H2,1-3H3. The normalized spacial score (nSPS) is 40.5. The van der Waals surface area contributed by atoms with Crippen molar-refractivity contribution in [3.63, 3.8) is 0 Å². The quantitative estimate of drug-likeness (QED) is 0.598. The van der Waals surface area contributed by atoms with Crippen molar-refractivity contribution in [3.05, 3.63) is 0 Å². The summed E-state index contributed by atoms with van der Waals surface area (Å²) in [6, 6.07) is 0.331. The summed E-state index contributed by atoms with van der Waals surface area (Å²) in [5.41, 5.74) is 3.16. The molecule has 118 valence electrons. The number of nitrogens with two attached hydrogens (primary N) is 1. The fourth-order valence-corrected chi connectivity index (χ4v) is 4.58. The van der Waals surface area contributed by atoms with Crippen LogP contribution in [-0.4, -0.2) is 18.2 Å². The van der Waals surface area contributed by atoms with Crippen molar-refractivity contribution in [2.45, 2.75) is 83.8 Å². The van der Waals surface area contributed by atoms with Crippen LogP contribution in [0, 0.1) is 17.8 Å². The fourth-order valence-electron chi connectivity index (χ4n) is 4.58. The van der Waals surface area contributed by atoms with Gasteiger partial charge in [0.15, 0.2) is 0 Å². The van der Waals surface area contributed by atoms with Gasteiger partial charge in [-0.3, -0.25) is 11.3 Å². The third kappa shape index (κ3) is 3.55. The van der Waals surface area contributed by atoms with Crippen LogP contribution in [0.2, 0.25) is 0 Å². The molecule has 3 atom stereocenters. The number of hydrogen-bond donors (Lipinski definition) is 2. The van der Waals surface area contributed by atoms with Gasteiger partial charge in [-0.25, -0.2) is 0 Å². The molecule has 3 N–H and O–H groups in total. The van der Waals surface area contributed by atoms with Gasteiger partial charge in [-0.05, 0) is 63.2 Å². The second-order valence-corrected chi connectivity index (χ2v) is 7.36. The molecule has 0 aromatic carbocycles. The Bertz CT molecular complexity index is 287. The van der Waals surface area contributed by atoms with Gasteiger partial charge < -0.3 is 4.74 Å². The zero-order valence-electron chi connectivity index (χ0n) is 13.7. The van der Waals surface area contributed by atoms with E-state index in [1.807, 2.05) is 0 Å². The highest BCUT2D eigenvalue weighted by Gasteiger charge is 2.45.